The third-order valence-electron chi connectivity index (χ3n) is 3.31. The van der Waals surface area contributed by atoms with E-state index in [9.17, 15) is 4.79 Å². The van der Waals surface area contributed by atoms with Gasteiger partial charge >= 0.3 is 0 Å². The van der Waals surface area contributed by atoms with Crippen LogP contribution in [0.3, 0.4) is 0 Å². The highest BCUT2D eigenvalue weighted by atomic mass is 35.5. The molecule has 0 saturated heterocycles. The van der Waals surface area contributed by atoms with Crippen molar-refractivity contribution in [1.82, 2.24) is 5.32 Å². The predicted octanol–water partition coefficient (Wildman–Crippen LogP) is 3.96. The normalized spacial score (nSPS) is 11.9. The van der Waals surface area contributed by atoms with Crippen LogP contribution in [0.1, 0.15) is 34.3 Å². The van der Waals surface area contributed by atoms with E-state index < -0.39 is 0 Å². The van der Waals surface area contributed by atoms with Crippen molar-refractivity contribution in [3.63, 3.8) is 0 Å². The van der Waals surface area contributed by atoms with E-state index in [-0.39, 0.29) is 5.91 Å². The number of carbonyl (C=O) groups excluding carboxylic acids is 1. The second-order valence-electron chi connectivity index (χ2n) is 4.85. The number of nitrogens with one attached hydrogen (secondary N) is 1. The predicted molar refractivity (Wildman–Crippen MR) is 83.2 cm³/mol. The molecule has 2 aromatic carbocycles. The Kier molecular flexibility index (Phi) is 5.19. The van der Waals surface area contributed by atoms with Gasteiger partial charge in [0.05, 0.1) is 0 Å². The van der Waals surface area contributed by atoms with Gasteiger partial charge in [0.25, 0.3) is 5.91 Å². The number of amides is 1. The molecule has 0 aromatic heterocycles. The zero-order chi connectivity index (χ0) is 14.4. The molecule has 0 fully saturated rings. The Morgan fingerprint density at radius 2 is 1.75 bits per heavy atom. The van der Waals surface area contributed by atoms with Crippen LogP contribution in [0.25, 0.3) is 0 Å². The number of benzene rings is 2. The number of rotatable bonds is 5. The lowest BCUT2D eigenvalue weighted by molar-refractivity contribution is 0.0951. The number of hydrogen-bond donors (Lipinski definition) is 1. The van der Waals surface area contributed by atoms with Crippen LogP contribution in [0.15, 0.2) is 54.6 Å². The molecule has 3 heteroatoms. The Bertz CT molecular complexity index is 551. The number of halogens is 1. The summed E-state index contributed by atoms with van der Waals surface area (Å²) in [5.74, 6) is 0.712. The Labute approximate surface area is 124 Å². The van der Waals surface area contributed by atoms with Gasteiger partial charge in [0.1, 0.15) is 0 Å². The van der Waals surface area contributed by atoms with Crippen LogP contribution in [0.4, 0.5) is 0 Å². The van der Waals surface area contributed by atoms with Gasteiger partial charge in [-0.3, -0.25) is 4.79 Å². The second-order valence-corrected chi connectivity index (χ2v) is 5.12. The highest BCUT2D eigenvalue weighted by molar-refractivity contribution is 6.17. The van der Waals surface area contributed by atoms with Gasteiger partial charge in [-0.05, 0) is 29.2 Å². The summed E-state index contributed by atoms with van der Waals surface area (Å²) < 4.78 is 0. The standard InChI is InChI=1S/C17H18ClNO/c1-13(15-5-3-2-4-6-15)12-19-17(20)16-9-7-14(11-18)8-10-16/h2-10,13H,11-12H2,1H3,(H,19,20). The van der Waals surface area contributed by atoms with Crippen molar-refractivity contribution in [1.29, 1.82) is 0 Å². The van der Waals surface area contributed by atoms with Gasteiger partial charge in [-0.15, -0.1) is 11.6 Å². The minimum absolute atomic E-state index is 0.0473. The maximum atomic E-state index is 12.0. The summed E-state index contributed by atoms with van der Waals surface area (Å²) in [6.45, 7) is 2.73. The highest BCUT2D eigenvalue weighted by Gasteiger charge is 2.09. The summed E-state index contributed by atoms with van der Waals surface area (Å²) in [6, 6.07) is 17.5. The Morgan fingerprint density at radius 3 is 2.35 bits per heavy atom. The first-order valence-electron chi connectivity index (χ1n) is 6.68. The van der Waals surface area contributed by atoms with Crippen molar-refractivity contribution in [3.8, 4) is 0 Å². The van der Waals surface area contributed by atoms with E-state index in [1.54, 1.807) is 12.1 Å². The van der Waals surface area contributed by atoms with Crippen LogP contribution in [0.2, 0.25) is 0 Å². The minimum atomic E-state index is -0.0473. The van der Waals surface area contributed by atoms with Gasteiger partial charge in [-0.1, -0.05) is 49.4 Å². The molecule has 1 amide bonds. The summed E-state index contributed by atoms with van der Waals surface area (Å²) >= 11 is 5.73. The lowest BCUT2D eigenvalue weighted by Crippen LogP contribution is -2.27. The summed E-state index contributed by atoms with van der Waals surface area (Å²) in [6.07, 6.45) is 0. The van der Waals surface area contributed by atoms with Gasteiger partial charge in [-0.2, -0.15) is 0 Å². The van der Waals surface area contributed by atoms with Crippen molar-refractivity contribution in [3.05, 3.63) is 71.3 Å². The van der Waals surface area contributed by atoms with Crippen LogP contribution < -0.4 is 5.32 Å². The summed E-state index contributed by atoms with van der Waals surface area (Å²) in [5.41, 5.74) is 2.91. The molecule has 0 aliphatic rings. The molecule has 2 aromatic rings. The first-order valence-corrected chi connectivity index (χ1v) is 7.22. The maximum Gasteiger partial charge on any atom is 0.251 e. The lowest BCUT2D eigenvalue weighted by atomic mass is 10.0. The molecular formula is C17H18ClNO. The van der Waals surface area contributed by atoms with Crippen LogP contribution >= 0.6 is 11.6 Å². The average Bonchev–Trinajstić information content (AvgIpc) is 2.53. The minimum Gasteiger partial charge on any atom is -0.351 e. The highest BCUT2D eigenvalue weighted by Crippen LogP contribution is 2.13. The lowest BCUT2D eigenvalue weighted by Gasteiger charge is -2.13. The third-order valence-corrected chi connectivity index (χ3v) is 3.62. The first-order chi connectivity index (χ1) is 9.70. The summed E-state index contributed by atoms with van der Waals surface area (Å²) in [4.78, 5) is 12.0. The molecule has 0 saturated carbocycles. The van der Waals surface area contributed by atoms with Crippen molar-refractivity contribution >= 4 is 17.5 Å². The molecule has 2 nitrogen and oxygen atoms in total. The molecule has 0 bridgehead atoms. The van der Waals surface area contributed by atoms with Crippen molar-refractivity contribution in [2.45, 2.75) is 18.7 Å². The van der Waals surface area contributed by atoms with E-state index >= 15 is 0 Å². The smallest absolute Gasteiger partial charge is 0.251 e. The van der Waals surface area contributed by atoms with Gasteiger partial charge in [0, 0.05) is 18.0 Å². The van der Waals surface area contributed by atoms with Gasteiger partial charge in [0.15, 0.2) is 0 Å². The van der Waals surface area contributed by atoms with Crippen molar-refractivity contribution in [2.75, 3.05) is 6.54 Å². The molecule has 20 heavy (non-hydrogen) atoms. The average molecular weight is 288 g/mol. The van der Waals surface area contributed by atoms with E-state index in [4.69, 9.17) is 11.6 Å². The fourth-order valence-corrected chi connectivity index (χ4v) is 2.17. The van der Waals surface area contributed by atoms with E-state index in [0.717, 1.165) is 5.56 Å². The topological polar surface area (TPSA) is 29.1 Å². The van der Waals surface area contributed by atoms with Gasteiger partial charge in [-0.25, -0.2) is 0 Å². The zero-order valence-electron chi connectivity index (χ0n) is 11.5. The van der Waals surface area contributed by atoms with Crippen LogP contribution in [0.5, 0.6) is 0 Å². The molecule has 0 spiro atoms. The fourth-order valence-electron chi connectivity index (χ4n) is 1.99. The number of hydrogen-bond acceptors (Lipinski definition) is 1. The van der Waals surface area contributed by atoms with E-state index in [1.165, 1.54) is 5.56 Å². The molecule has 2 rings (SSSR count). The molecule has 0 aliphatic carbocycles. The quantitative estimate of drug-likeness (QED) is 0.829. The molecule has 0 aliphatic heterocycles. The molecule has 104 valence electrons. The van der Waals surface area contributed by atoms with E-state index in [0.29, 0.717) is 23.9 Å². The maximum absolute atomic E-state index is 12.0. The first kappa shape index (κ1) is 14.6. The Balaban J connectivity index is 1.91. The summed E-state index contributed by atoms with van der Waals surface area (Å²) in [5, 5.41) is 2.96. The number of carbonyl (C=O) groups is 1. The molecule has 1 unspecified atom stereocenters. The molecule has 1 atom stereocenters. The summed E-state index contributed by atoms with van der Waals surface area (Å²) in [7, 11) is 0. The Morgan fingerprint density at radius 1 is 1.10 bits per heavy atom. The SMILES string of the molecule is CC(CNC(=O)c1ccc(CCl)cc1)c1ccccc1. The molecule has 0 heterocycles. The molecular weight excluding hydrogens is 270 g/mol. The monoisotopic (exact) mass is 287 g/mol. The number of alkyl halides is 1. The second kappa shape index (κ2) is 7.11. The molecule has 0 radical (unpaired) electrons. The van der Waals surface area contributed by atoms with Crippen LogP contribution in [0, 0.1) is 0 Å². The van der Waals surface area contributed by atoms with Crippen molar-refractivity contribution < 1.29 is 4.79 Å². The van der Waals surface area contributed by atoms with Gasteiger partial charge in [0.2, 0.25) is 0 Å². The van der Waals surface area contributed by atoms with E-state index in [2.05, 4.69) is 24.4 Å². The third kappa shape index (κ3) is 3.84. The largest absolute Gasteiger partial charge is 0.351 e. The van der Waals surface area contributed by atoms with Crippen LogP contribution in [-0.2, 0) is 5.88 Å². The fraction of sp³-hybridized carbons (Fsp3) is 0.235. The van der Waals surface area contributed by atoms with Gasteiger partial charge < -0.3 is 5.32 Å². The Hall–Kier alpha value is -1.80. The molecule has 1 N–H and O–H groups in total. The van der Waals surface area contributed by atoms with Crippen LogP contribution in [-0.4, -0.2) is 12.5 Å². The zero-order valence-corrected chi connectivity index (χ0v) is 12.2. The van der Waals surface area contributed by atoms with E-state index in [1.807, 2.05) is 30.3 Å². The van der Waals surface area contributed by atoms with Crippen molar-refractivity contribution in [2.24, 2.45) is 0 Å².